The second-order valence-electron chi connectivity index (χ2n) is 4.72. The number of hydrogen-bond acceptors (Lipinski definition) is 2. The number of ether oxygens (including phenoxy) is 1. The molecule has 0 spiro atoms. The lowest BCUT2D eigenvalue weighted by atomic mass is 10.0. The van der Waals surface area contributed by atoms with Crippen LogP contribution in [0.4, 0.5) is 0 Å². The van der Waals surface area contributed by atoms with Crippen molar-refractivity contribution in [3.63, 3.8) is 0 Å². The molecule has 2 heterocycles. The first-order chi connectivity index (χ1) is 8.24. The zero-order valence-electron chi connectivity index (χ0n) is 10.6. The largest absolute Gasteiger partial charge is 0.495 e. The van der Waals surface area contributed by atoms with E-state index in [0.717, 1.165) is 25.3 Å². The SMILES string of the molecule is COc1ccc(C)c2c3c(n(C)c12)CCNC3. The van der Waals surface area contributed by atoms with E-state index in [0.29, 0.717) is 0 Å². The molecule has 0 amide bonds. The number of aryl methyl sites for hydroxylation is 2. The van der Waals surface area contributed by atoms with Crippen molar-refractivity contribution in [3.05, 3.63) is 29.0 Å². The lowest BCUT2D eigenvalue weighted by molar-refractivity contribution is 0.417. The quantitative estimate of drug-likeness (QED) is 0.812. The number of nitrogens with zero attached hydrogens (tertiary/aromatic N) is 1. The van der Waals surface area contributed by atoms with Gasteiger partial charge in [0, 0.05) is 37.6 Å². The smallest absolute Gasteiger partial charge is 0.143 e. The van der Waals surface area contributed by atoms with E-state index in [1.807, 2.05) is 0 Å². The monoisotopic (exact) mass is 230 g/mol. The Morgan fingerprint density at radius 2 is 2.18 bits per heavy atom. The van der Waals surface area contributed by atoms with Gasteiger partial charge >= 0.3 is 0 Å². The van der Waals surface area contributed by atoms with E-state index in [2.05, 4.69) is 36.0 Å². The van der Waals surface area contributed by atoms with E-state index in [4.69, 9.17) is 4.74 Å². The summed E-state index contributed by atoms with van der Waals surface area (Å²) in [5, 5.41) is 4.83. The van der Waals surface area contributed by atoms with Crippen molar-refractivity contribution < 1.29 is 4.74 Å². The third kappa shape index (κ3) is 1.39. The van der Waals surface area contributed by atoms with Crippen LogP contribution in [0.3, 0.4) is 0 Å². The molecule has 3 rings (SSSR count). The molecule has 1 aliphatic heterocycles. The summed E-state index contributed by atoms with van der Waals surface area (Å²) >= 11 is 0. The van der Waals surface area contributed by atoms with E-state index < -0.39 is 0 Å². The summed E-state index contributed by atoms with van der Waals surface area (Å²) in [6.45, 7) is 4.22. The minimum atomic E-state index is 0.973. The Bertz CT molecular complexity index is 584. The van der Waals surface area contributed by atoms with Crippen LogP contribution in [0.5, 0.6) is 5.75 Å². The summed E-state index contributed by atoms with van der Waals surface area (Å²) < 4.78 is 7.80. The van der Waals surface area contributed by atoms with Crippen molar-refractivity contribution in [2.75, 3.05) is 13.7 Å². The molecule has 1 aromatic heterocycles. The highest BCUT2D eigenvalue weighted by Crippen LogP contribution is 2.35. The molecule has 0 fully saturated rings. The molecule has 1 N–H and O–H groups in total. The number of nitrogens with one attached hydrogen (secondary N) is 1. The van der Waals surface area contributed by atoms with E-state index >= 15 is 0 Å². The molecule has 0 saturated carbocycles. The Kier molecular flexibility index (Phi) is 2.37. The number of fused-ring (bicyclic) bond motifs is 3. The first kappa shape index (κ1) is 10.7. The highest BCUT2D eigenvalue weighted by molar-refractivity contribution is 5.93. The van der Waals surface area contributed by atoms with Gasteiger partial charge in [0.25, 0.3) is 0 Å². The second-order valence-corrected chi connectivity index (χ2v) is 4.72. The topological polar surface area (TPSA) is 26.2 Å². The average molecular weight is 230 g/mol. The predicted molar refractivity (Wildman–Crippen MR) is 69.6 cm³/mol. The molecule has 0 unspecified atom stereocenters. The Labute approximate surface area is 101 Å². The molecule has 0 aliphatic carbocycles. The summed E-state index contributed by atoms with van der Waals surface area (Å²) in [5.41, 5.74) is 5.47. The lowest BCUT2D eigenvalue weighted by Crippen LogP contribution is -2.24. The van der Waals surface area contributed by atoms with E-state index in [1.165, 1.54) is 27.7 Å². The van der Waals surface area contributed by atoms with Gasteiger partial charge in [-0.25, -0.2) is 0 Å². The summed E-state index contributed by atoms with van der Waals surface area (Å²) in [7, 11) is 3.89. The Hall–Kier alpha value is -1.48. The fourth-order valence-corrected chi connectivity index (χ4v) is 2.96. The van der Waals surface area contributed by atoms with Gasteiger partial charge < -0.3 is 14.6 Å². The molecule has 17 heavy (non-hydrogen) atoms. The summed E-state index contributed by atoms with van der Waals surface area (Å²) in [6, 6.07) is 4.21. The standard InChI is InChI=1S/C14H18N2O/c1-9-4-5-12(17-3)14-13(9)10-8-15-7-6-11(10)16(14)2/h4-5,15H,6-8H2,1-3H3. The van der Waals surface area contributed by atoms with Crippen LogP contribution in [0.25, 0.3) is 10.9 Å². The van der Waals surface area contributed by atoms with Gasteiger partial charge in [0.15, 0.2) is 0 Å². The number of hydrogen-bond donors (Lipinski definition) is 1. The van der Waals surface area contributed by atoms with Gasteiger partial charge in [-0.2, -0.15) is 0 Å². The van der Waals surface area contributed by atoms with Crippen molar-refractivity contribution >= 4 is 10.9 Å². The average Bonchev–Trinajstić information content (AvgIpc) is 2.66. The Morgan fingerprint density at radius 3 is 2.94 bits per heavy atom. The fraction of sp³-hybridized carbons (Fsp3) is 0.429. The second kappa shape index (κ2) is 3.77. The van der Waals surface area contributed by atoms with Crippen molar-refractivity contribution in [1.82, 2.24) is 9.88 Å². The molecule has 2 aromatic rings. The Balaban J connectivity index is 2.44. The van der Waals surface area contributed by atoms with Crippen LogP contribution < -0.4 is 10.1 Å². The van der Waals surface area contributed by atoms with Gasteiger partial charge in [0.2, 0.25) is 0 Å². The molecule has 3 heteroatoms. The normalized spacial score (nSPS) is 15.0. The maximum atomic E-state index is 5.50. The third-order valence-corrected chi connectivity index (χ3v) is 3.80. The maximum absolute atomic E-state index is 5.50. The third-order valence-electron chi connectivity index (χ3n) is 3.80. The number of methoxy groups -OCH3 is 1. The van der Waals surface area contributed by atoms with Crippen LogP contribution in [0.1, 0.15) is 16.8 Å². The Morgan fingerprint density at radius 1 is 1.35 bits per heavy atom. The van der Waals surface area contributed by atoms with Crippen molar-refractivity contribution in [2.45, 2.75) is 19.9 Å². The summed E-state index contributed by atoms with van der Waals surface area (Å²) in [5.74, 6) is 0.975. The molecule has 0 radical (unpaired) electrons. The molecule has 0 bridgehead atoms. The van der Waals surface area contributed by atoms with E-state index in [-0.39, 0.29) is 0 Å². The zero-order chi connectivity index (χ0) is 12.0. The number of aromatic nitrogens is 1. The van der Waals surface area contributed by atoms with Crippen molar-refractivity contribution in [3.8, 4) is 5.75 Å². The van der Waals surface area contributed by atoms with E-state index in [1.54, 1.807) is 7.11 Å². The molecular weight excluding hydrogens is 212 g/mol. The van der Waals surface area contributed by atoms with Gasteiger partial charge in [-0.05, 0) is 24.1 Å². The molecule has 90 valence electrons. The van der Waals surface area contributed by atoms with Gasteiger partial charge in [0.1, 0.15) is 5.75 Å². The molecular formula is C14H18N2O. The summed E-state index contributed by atoms with van der Waals surface area (Å²) in [4.78, 5) is 0. The zero-order valence-corrected chi connectivity index (χ0v) is 10.6. The van der Waals surface area contributed by atoms with Crippen LogP contribution in [0.15, 0.2) is 12.1 Å². The number of rotatable bonds is 1. The van der Waals surface area contributed by atoms with Crippen LogP contribution in [0.2, 0.25) is 0 Å². The van der Waals surface area contributed by atoms with Gasteiger partial charge in [0.05, 0.1) is 12.6 Å². The molecule has 1 aliphatic rings. The van der Waals surface area contributed by atoms with Crippen LogP contribution >= 0.6 is 0 Å². The first-order valence-corrected chi connectivity index (χ1v) is 6.08. The van der Waals surface area contributed by atoms with Crippen molar-refractivity contribution in [1.29, 1.82) is 0 Å². The van der Waals surface area contributed by atoms with Gasteiger partial charge in [-0.1, -0.05) is 6.07 Å². The highest BCUT2D eigenvalue weighted by Gasteiger charge is 2.21. The van der Waals surface area contributed by atoms with Crippen molar-refractivity contribution in [2.24, 2.45) is 7.05 Å². The molecule has 1 aromatic carbocycles. The van der Waals surface area contributed by atoms with Crippen LogP contribution in [-0.4, -0.2) is 18.2 Å². The first-order valence-electron chi connectivity index (χ1n) is 6.08. The lowest BCUT2D eigenvalue weighted by Gasteiger charge is -2.14. The highest BCUT2D eigenvalue weighted by atomic mass is 16.5. The minimum Gasteiger partial charge on any atom is -0.495 e. The molecule has 3 nitrogen and oxygen atoms in total. The number of benzene rings is 1. The maximum Gasteiger partial charge on any atom is 0.143 e. The molecule has 0 atom stereocenters. The van der Waals surface area contributed by atoms with Gasteiger partial charge in [-0.15, -0.1) is 0 Å². The summed E-state index contributed by atoms with van der Waals surface area (Å²) in [6.07, 6.45) is 1.10. The van der Waals surface area contributed by atoms with Gasteiger partial charge in [-0.3, -0.25) is 0 Å². The van der Waals surface area contributed by atoms with Crippen LogP contribution in [0, 0.1) is 6.92 Å². The van der Waals surface area contributed by atoms with E-state index in [9.17, 15) is 0 Å². The fourth-order valence-electron chi connectivity index (χ4n) is 2.96. The predicted octanol–water partition coefficient (Wildman–Crippen LogP) is 2.14. The minimum absolute atomic E-state index is 0.973. The van der Waals surface area contributed by atoms with Crippen LogP contribution in [-0.2, 0) is 20.0 Å². The molecule has 0 saturated heterocycles.